The third kappa shape index (κ3) is 5.69. The predicted octanol–water partition coefficient (Wildman–Crippen LogP) is 2.14. The number of nitrogens with zero attached hydrogens (tertiary/aromatic N) is 3. The molecule has 0 amide bonds. The van der Waals surface area contributed by atoms with Gasteiger partial charge in [0.05, 0.1) is 30.4 Å². The van der Waals surface area contributed by atoms with E-state index >= 15 is 0 Å². The first-order valence-corrected chi connectivity index (χ1v) is 12.3. The number of imidazole rings is 1. The minimum atomic E-state index is -3.38. The average molecular weight is 436 g/mol. The molecule has 1 aliphatic rings. The molecule has 2 aromatic rings. The fourth-order valence-electron chi connectivity index (χ4n) is 4.06. The average Bonchev–Trinajstić information content (AvgIpc) is 3.16. The lowest BCUT2D eigenvalue weighted by atomic mass is 9.88. The molecule has 0 spiro atoms. The largest absolute Gasteiger partial charge is 0.392 e. The van der Waals surface area contributed by atoms with E-state index in [0.29, 0.717) is 26.1 Å². The highest BCUT2D eigenvalue weighted by molar-refractivity contribution is 7.91. The number of ether oxygens (including phenoxy) is 1. The number of methoxy groups -OCH3 is 1. The van der Waals surface area contributed by atoms with Crippen molar-refractivity contribution >= 4 is 9.84 Å². The smallest absolute Gasteiger partial charge is 0.227 e. The molecule has 1 aromatic carbocycles. The molecule has 30 heavy (non-hydrogen) atoms. The normalized spacial score (nSPS) is 17.3. The Morgan fingerprint density at radius 1 is 1.23 bits per heavy atom. The number of aliphatic hydroxyl groups excluding tert-OH is 1. The van der Waals surface area contributed by atoms with E-state index in [1.54, 1.807) is 24.8 Å². The van der Waals surface area contributed by atoms with Crippen LogP contribution in [0.3, 0.4) is 0 Å². The highest BCUT2D eigenvalue weighted by Gasteiger charge is 2.27. The van der Waals surface area contributed by atoms with Crippen LogP contribution in [0.15, 0.2) is 41.7 Å². The lowest BCUT2D eigenvalue weighted by Crippen LogP contribution is -2.38. The van der Waals surface area contributed by atoms with Crippen LogP contribution in [0.5, 0.6) is 0 Å². The maximum Gasteiger partial charge on any atom is 0.227 e. The van der Waals surface area contributed by atoms with Crippen molar-refractivity contribution in [2.75, 3.05) is 32.6 Å². The van der Waals surface area contributed by atoms with Crippen molar-refractivity contribution in [2.45, 2.75) is 50.5 Å². The molecule has 1 atom stereocenters. The van der Waals surface area contributed by atoms with E-state index in [0.717, 1.165) is 31.6 Å². The summed E-state index contributed by atoms with van der Waals surface area (Å²) in [6.45, 7) is 4.94. The fourth-order valence-corrected chi connectivity index (χ4v) is 5.08. The van der Waals surface area contributed by atoms with Crippen molar-refractivity contribution in [3.63, 3.8) is 0 Å². The number of likely N-dealkylation sites (tertiary alicyclic amines) is 1. The van der Waals surface area contributed by atoms with Crippen LogP contribution in [0.2, 0.25) is 0 Å². The van der Waals surface area contributed by atoms with Crippen LogP contribution in [0, 0.1) is 5.92 Å². The first-order valence-electron chi connectivity index (χ1n) is 10.6. The molecule has 0 bridgehead atoms. The van der Waals surface area contributed by atoms with Gasteiger partial charge in [-0.15, -0.1) is 0 Å². The number of benzene rings is 1. The molecule has 1 saturated heterocycles. The Morgan fingerprint density at radius 2 is 1.93 bits per heavy atom. The van der Waals surface area contributed by atoms with Gasteiger partial charge in [-0.1, -0.05) is 37.3 Å². The van der Waals surface area contributed by atoms with E-state index < -0.39 is 9.84 Å². The topological polar surface area (TPSA) is 84.7 Å². The van der Waals surface area contributed by atoms with E-state index in [4.69, 9.17) is 4.74 Å². The van der Waals surface area contributed by atoms with Gasteiger partial charge in [0, 0.05) is 20.2 Å². The van der Waals surface area contributed by atoms with Gasteiger partial charge in [0.1, 0.15) is 0 Å². The molecule has 1 N–H and O–H groups in total. The highest BCUT2D eigenvalue weighted by Crippen LogP contribution is 2.25. The summed E-state index contributed by atoms with van der Waals surface area (Å²) in [4.78, 5) is 6.53. The number of hydrogen-bond acceptors (Lipinski definition) is 6. The Bertz CT molecular complexity index is 890. The number of aliphatic hydroxyl groups is 1. The van der Waals surface area contributed by atoms with E-state index in [2.05, 4.69) is 22.0 Å². The molecule has 0 unspecified atom stereocenters. The molecular weight excluding hydrogens is 402 g/mol. The van der Waals surface area contributed by atoms with E-state index in [1.165, 1.54) is 5.56 Å². The minimum absolute atomic E-state index is 0.0289. The molecule has 2 heterocycles. The van der Waals surface area contributed by atoms with Gasteiger partial charge in [0.2, 0.25) is 15.0 Å². The fraction of sp³-hybridized carbons (Fsp3) is 0.591. The van der Waals surface area contributed by atoms with Crippen molar-refractivity contribution in [2.24, 2.45) is 5.92 Å². The van der Waals surface area contributed by atoms with Gasteiger partial charge in [-0.05, 0) is 43.8 Å². The van der Waals surface area contributed by atoms with Gasteiger partial charge >= 0.3 is 0 Å². The second-order valence-electron chi connectivity index (χ2n) is 7.95. The number of hydrogen-bond donors (Lipinski definition) is 1. The van der Waals surface area contributed by atoms with Gasteiger partial charge in [-0.2, -0.15) is 0 Å². The highest BCUT2D eigenvalue weighted by atomic mass is 32.2. The molecule has 0 aliphatic carbocycles. The molecule has 1 fully saturated rings. The second kappa shape index (κ2) is 10.5. The Hall–Kier alpha value is -1.74. The number of piperidine rings is 1. The van der Waals surface area contributed by atoms with Crippen molar-refractivity contribution in [1.82, 2.24) is 14.5 Å². The standard InChI is InChI=1S/C22H33N3O4S/c1-3-30(27,28)22-23-16-20(25(22)13-14-29-2)17-24-11-9-19(10-12-24)21(26)15-18-7-5-4-6-8-18/h4-8,16,19,21,26H,3,9-15,17H2,1-2H3/t21-/m0/s1. The summed E-state index contributed by atoms with van der Waals surface area (Å²) in [6, 6.07) is 10.1. The quantitative estimate of drug-likeness (QED) is 0.616. The van der Waals surface area contributed by atoms with Gasteiger partial charge in [-0.25, -0.2) is 13.4 Å². The first-order chi connectivity index (χ1) is 14.4. The van der Waals surface area contributed by atoms with Gasteiger partial charge in [-0.3, -0.25) is 4.90 Å². The van der Waals surface area contributed by atoms with E-state index in [-0.39, 0.29) is 22.9 Å². The summed E-state index contributed by atoms with van der Waals surface area (Å²) in [6.07, 6.45) is 3.89. The van der Waals surface area contributed by atoms with Crippen LogP contribution in [-0.2, 0) is 34.1 Å². The number of aromatic nitrogens is 2. The van der Waals surface area contributed by atoms with E-state index in [1.807, 2.05) is 18.2 Å². The first kappa shape index (κ1) is 22.9. The number of sulfone groups is 1. The second-order valence-corrected chi connectivity index (χ2v) is 10.1. The molecule has 0 saturated carbocycles. The Morgan fingerprint density at radius 3 is 2.57 bits per heavy atom. The van der Waals surface area contributed by atoms with Crippen LogP contribution < -0.4 is 0 Å². The molecular formula is C22H33N3O4S. The van der Waals surface area contributed by atoms with Crippen LogP contribution in [0.4, 0.5) is 0 Å². The Labute approximate surface area is 179 Å². The summed E-state index contributed by atoms with van der Waals surface area (Å²) in [5.41, 5.74) is 2.06. The number of rotatable bonds is 10. The zero-order chi connectivity index (χ0) is 21.6. The van der Waals surface area contributed by atoms with Crippen molar-refractivity contribution in [3.05, 3.63) is 47.8 Å². The zero-order valence-electron chi connectivity index (χ0n) is 17.9. The summed E-state index contributed by atoms with van der Waals surface area (Å²) in [5.74, 6) is 0.317. The lowest BCUT2D eigenvalue weighted by molar-refractivity contribution is 0.0568. The van der Waals surface area contributed by atoms with Gasteiger partial charge < -0.3 is 14.4 Å². The lowest BCUT2D eigenvalue weighted by Gasteiger charge is -2.34. The maximum atomic E-state index is 12.4. The van der Waals surface area contributed by atoms with E-state index in [9.17, 15) is 13.5 Å². The molecule has 166 valence electrons. The van der Waals surface area contributed by atoms with Crippen molar-refractivity contribution in [3.8, 4) is 0 Å². The maximum absolute atomic E-state index is 12.4. The van der Waals surface area contributed by atoms with Crippen LogP contribution >= 0.6 is 0 Å². The molecule has 3 rings (SSSR count). The van der Waals surface area contributed by atoms with Crippen LogP contribution in [0.1, 0.15) is 31.0 Å². The minimum Gasteiger partial charge on any atom is -0.392 e. The molecule has 1 aliphatic heterocycles. The summed E-state index contributed by atoms with van der Waals surface area (Å²) in [5, 5.41) is 10.8. The third-order valence-electron chi connectivity index (χ3n) is 5.93. The predicted molar refractivity (Wildman–Crippen MR) is 116 cm³/mol. The molecule has 8 heteroatoms. The molecule has 0 radical (unpaired) electrons. The monoisotopic (exact) mass is 435 g/mol. The van der Waals surface area contributed by atoms with Crippen LogP contribution in [0.25, 0.3) is 0 Å². The van der Waals surface area contributed by atoms with Crippen molar-refractivity contribution in [1.29, 1.82) is 0 Å². The van der Waals surface area contributed by atoms with Crippen LogP contribution in [-0.4, -0.2) is 66.6 Å². The zero-order valence-corrected chi connectivity index (χ0v) is 18.7. The van der Waals surface area contributed by atoms with Gasteiger partial charge in [0.25, 0.3) is 0 Å². The summed E-state index contributed by atoms with van der Waals surface area (Å²) in [7, 11) is -1.78. The van der Waals surface area contributed by atoms with Crippen molar-refractivity contribution < 1.29 is 18.3 Å². The summed E-state index contributed by atoms with van der Waals surface area (Å²) < 4.78 is 31.7. The van der Waals surface area contributed by atoms with Gasteiger partial charge in [0.15, 0.2) is 0 Å². The molecule has 7 nitrogen and oxygen atoms in total. The third-order valence-corrected chi connectivity index (χ3v) is 7.57. The Kier molecular flexibility index (Phi) is 8.05. The Balaban J connectivity index is 1.60. The molecule has 1 aromatic heterocycles. The SMILES string of the molecule is CCS(=O)(=O)c1ncc(CN2CCC([C@@H](O)Cc3ccccc3)CC2)n1CCOC. The summed E-state index contributed by atoms with van der Waals surface area (Å²) >= 11 is 0.